The molecule has 2 fully saturated rings. The fourth-order valence-corrected chi connectivity index (χ4v) is 7.02. The SMILES string of the molecule is CCCSCC1OC2(c3ccc4ccccc4c3)C[C@H](C)CC1(c1ccc3ccccc3c1)O2. The highest BCUT2D eigenvalue weighted by molar-refractivity contribution is 7.99. The topological polar surface area (TPSA) is 18.5 Å². The van der Waals surface area contributed by atoms with E-state index in [2.05, 4.69) is 98.8 Å². The largest absolute Gasteiger partial charge is 0.338 e. The Morgan fingerprint density at radius 2 is 1.41 bits per heavy atom. The van der Waals surface area contributed by atoms with Gasteiger partial charge in [-0.1, -0.05) is 86.6 Å². The first-order valence-electron chi connectivity index (χ1n) is 12.6. The van der Waals surface area contributed by atoms with Gasteiger partial charge in [0.15, 0.2) is 5.79 Å². The van der Waals surface area contributed by atoms with Crippen LogP contribution in [-0.4, -0.2) is 17.6 Å². The van der Waals surface area contributed by atoms with Crippen LogP contribution in [0.2, 0.25) is 0 Å². The van der Waals surface area contributed by atoms with Gasteiger partial charge in [-0.15, -0.1) is 0 Å². The van der Waals surface area contributed by atoms with Crippen molar-refractivity contribution in [3.05, 3.63) is 96.1 Å². The molecule has 0 aromatic heterocycles. The molecule has 0 radical (unpaired) electrons. The van der Waals surface area contributed by atoms with E-state index in [1.54, 1.807) is 0 Å². The van der Waals surface area contributed by atoms with Gasteiger partial charge in [0.1, 0.15) is 11.7 Å². The van der Waals surface area contributed by atoms with Crippen LogP contribution >= 0.6 is 11.8 Å². The number of benzene rings is 4. The van der Waals surface area contributed by atoms with Crippen LogP contribution in [0, 0.1) is 5.92 Å². The number of thioether (sulfide) groups is 1. The van der Waals surface area contributed by atoms with Crippen molar-refractivity contribution in [3.8, 4) is 0 Å². The third kappa shape index (κ3) is 3.66. The van der Waals surface area contributed by atoms with Gasteiger partial charge < -0.3 is 9.47 Å². The quantitative estimate of drug-likeness (QED) is 0.267. The summed E-state index contributed by atoms with van der Waals surface area (Å²) in [6, 6.07) is 30.7. The summed E-state index contributed by atoms with van der Waals surface area (Å²) in [6.45, 7) is 4.61. The zero-order valence-electron chi connectivity index (χ0n) is 20.0. The van der Waals surface area contributed by atoms with E-state index >= 15 is 0 Å². The normalized spacial score (nSPS) is 28.5. The van der Waals surface area contributed by atoms with Gasteiger partial charge in [0.25, 0.3) is 0 Å². The molecule has 34 heavy (non-hydrogen) atoms. The van der Waals surface area contributed by atoms with Gasteiger partial charge in [-0.25, -0.2) is 0 Å². The maximum atomic E-state index is 7.22. The average molecular weight is 469 g/mol. The maximum absolute atomic E-state index is 7.22. The molecule has 2 bridgehead atoms. The van der Waals surface area contributed by atoms with Crippen LogP contribution in [0.25, 0.3) is 21.5 Å². The van der Waals surface area contributed by atoms with E-state index in [0.717, 1.165) is 29.9 Å². The van der Waals surface area contributed by atoms with Crippen LogP contribution in [0.15, 0.2) is 84.9 Å². The molecule has 4 aromatic rings. The minimum Gasteiger partial charge on any atom is -0.338 e. The lowest BCUT2D eigenvalue weighted by Crippen LogP contribution is -2.44. The van der Waals surface area contributed by atoms with Gasteiger partial charge in [-0.3, -0.25) is 0 Å². The van der Waals surface area contributed by atoms with Crippen molar-refractivity contribution >= 4 is 33.3 Å². The van der Waals surface area contributed by atoms with E-state index in [-0.39, 0.29) is 6.10 Å². The predicted octanol–water partition coefficient (Wildman–Crippen LogP) is 8.03. The average Bonchev–Trinajstić information content (AvgIpc) is 3.11. The molecule has 3 heteroatoms. The minimum atomic E-state index is -0.704. The number of fused-ring (bicyclic) bond motifs is 4. The van der Waals surface area contributed by atoms with Gasteiger partial charge in [0.05, 0.1) is 0 Å². The number of rotatable bonds is 6. The van der Waals surface area contributed by atoms with Crippen LogP contribution in [0.1, 0.15) is 44.2 Å². The third-order valence-electron chi connectivity index (χ3n) is 7.51. The van der Waals surface area contributed by atoms with Gasteiger partial charge in [-0.05, 0) is 63.8 Å². The Hall–Kier alpha value is -2.33. The second kappa shape index (κ2) is 8.71. The van der Waals surface area contributed by atoms with E-state index in [1.807, 2.05) is 11.8 Å². The summed E-state index contributed by atoms with van der Waals surface area (Å²) in [5.41, 5.74) is 1.96. The van der Waals surface area contributed by atoms with E-state index in [0.29, 0.717) is 5.92 Å². The van der Waals surface area contributed by atoms with Crippen molar-refractivity contribution in [2.45, 2.75) is 50.6 Å². The van der Waals surface area contributed by atoms with Crippen molar-refractivity contribution in [1.29, 1.82) is 0 Å². The summed E-state index contributed by atoms with van der Waals surface area (Å²) in [5, 5.41) is 5.02. The summed E-state index contributed by atoms with van der Waals surface area (Å²) in [6.07, 6.45) is 3.06. The first-order valence-corrected chi connectivity index (χ1v) is 13.7. The molecule has 2 aliphatic heterocycles. The monoisotopic (exact) mass is 468 g/mol. The van der Waals surface area contributed by atoms with E-state index in [9.17, 15) is 0 Å². The second-order valence-electron chi connectivity index (χ2n) is 10.1. The molecule has 0 saturated carbocycles. The number of hydrogen-bond acceptors (Lipinski definition) is 3. The zero-order chi connectivity index (χ0) is 23.2. The summed E-state index contributed by atoms with van der Waals surface area (Å²) in [5.74, 6) is 1.88. The molecule has 0 spiro atoms. The summed E-state index contributed by atoms with van der Waals surface area (Å²) >= 11 is 1.99. The fourth-order valence-electron chi connectivity index (χ4n) is 6.01. The van der Waals surface area contributed by atoms with Crippen molar-refractivity contribution in [1.82, 2.24) is 0 Å². The Morgan fingerprint density at radius 1 is 0.794 bits per heavy atom. The Labute approximate surface area is 206 Å². The second-order valence-corrected chi connectivity index (χ2v) is 11.2. The molecule has 6 rings (SSSR count). The minimum absolute atomic E-state index is 0.0154. The molecule has 2 heterocycles. The first kappa shape index (κ1) is 22.2. The molecule has 174 valence electrons. The zero-order valence-corrected chi connectivity index (χ0v) is 20.8. The molecule has 2 nitrogen and oxygen atoms in total. The first-order chi connectivity index (χ1) is 16.6. The maximum Gasteiger partial charge on any atom is 0.196 e. The van der Waals surface area contributed by atoms with Crippen LogP contribution in [0.3, 0.4) is 0 Å². The molecule has 2 aliphatic rings. The van der Waals surface area contributed by atoms with Crippen molar-refractivity contribution in [2.75, 3.05) is 11.5 Å². The van der Waals surface area contributed by atoms with Gasteiger partial charge in [0, 0.05) is 17.7 Å². The van der Waals surface area contributed by atoms with Crippen LogP contribution in [-0.2, 0) is 20.9 Å². The number of ether oxygens (including phenoxy) is 2. The van der Waals surface area contributed by atoms with Crippen molar-refractivity contribution in [2.24, 2.45) is 5.92 Å². The molecular weight excluding hydrogens is 436 g/mol. The molecule has 4 atom stereocenters. The van der Waals surface area contributed by atoms with Gasteiger partial charge >= 0.3 is 0 Å². The molecule has 0 amide bonds. The van der Waals surface area contributed by atoms with Crippen LogP contribution < -0.4 is 0 Å². The molecule has 0 N–H and O–H groups in total. The lowest BCUT2D eigenvalue weighted by molar-refractivity contribution is -0.235. The third-order valence-corrected chi connectivity index (χ3v) is 8.75. The van der Waals surface area contributed by atoms with Crippen LogP contribution in [0.5, 0.6) is 0 Å². The Bertz CT molecular complexity index is 1330. The molecule has 2 saturated heterocycles. The lowest BCUT2D eigenvalue weighted by atomic mass is 9.77. The van der Waals surface area contributed by atoms with Crippen molar-refractivity contribution in [3.63, 3.8) is 0 Å². The highest BCUT2D eigenvalue weighted by Gasteiger charge is 2.62. The smallest absolute Gasteiger partial charge is 0.196 e. The molecule has 4 aromatic carbocycles. The van der Waals surface area contributed by atoms with Gasteiger partial charge in [-0.2, -0.15) is 11.8 Å². The van der Waals surface area contributed by atoms with Crippen LogP contribution in [0.4, 0.5) is 0 Å². The summed E-state index contributed by atoms with van der Waals surface area (Å²) < 4.78 is 14.3. The molecule has 3 unspecified atom stereocenters. The Morgan fingerprint density at radius 3 is 2.09 bits per heavy atom. The molecular formula is C31H32O2S. The Balaban J connectivity index is 1.48. The van der Waals surface area contributed by atoms with Crippen molar-refractivity contribution < 1.29 is 9.47 Å². The highest BCUT2D eigenvalue weighted by atomic mass is 32.2. The number of hydrogen-bond donors (Lipinski definition) is 0. The fraction of sp³-hybridized carbons (Fsp3) is 0.355. The van der Waals surface area contributed by atoms with E-state index in [1.165, 1.54) is 33.5 Å². The van der Waals surface area contributed by atoms with E-state index < -0.39 is 11.4 Å². The standard InChI is InChI=1S/C31H32O2S/c1-3-16-34-21-29-30(27-14-12-23-8-4-6-10-25(23)17-27)19-22(2)20-31(32-29,33-30)28-15-13-24-9-5-7-11-26(24)18-28/h4-15,17-18,22,29H,3,16,19-21H2,1-2H3/t22-,29?,30?,31?/m1/s1. The van der Waals surface area contributed by atoms with Gasteiger partial charge in [0.2, 0.25) is 0 Å². The summed E-state index contributed by atoms with van der Waals surface area (Å²) in [7, 11) is 0. The lowest BCUT2D eigenvalue weighted by Gasteiger charge is -2.42. The molecule has 0 aliphatic carbocycles. The Kier molecular flexibility index (Phi) is 5.68. The predicted molar refractivity (Wildman–Crippen MR) is 143 cm³/mol. The summed E-state index contributed by atoms with van der Waals surface area (Å²) in [4.78, 5) is 0. The van der Waals surface area contributed by atoms with E-state index in [4.69, 9.17) is 9.47 Å². The highest BCUT2D eigenvalue weighted by Crippen LogP contribution is 2.59.